The number of allylic oxidation sites excluding steroid dienone is 3. The van der Waals surface area contributed by atoms with Gasteiger partial charge >= 0.3 is 5.97 Å². The first-order valence-electron chi connectivity index (χ1n) is 9.47. The van der Waals surface area contributed by atoms with Crippen molar-refractivity contribution in [2.24, 2.45) is 0 Å². The normalized spacial score (nSPS) is 18.2. The van der Waals surface area contributed by atoms with Crippen molar-refractivity contribution < 1.29 is 19.1 Å². The fourth-order valence-electron chi connectivity index (χ4n) is 3.16. The van der Waals surface area contributed by atoms with E-state index in [1.165, 1.54) is 24.5 Å². The second-order valence-corrected chi connectivity index (χ2v) is 6.82. The molecule has 0 spiro atoms. The number of amides is 1. The molecule has 0 radical (unpaired) electrons. The molecule has 1 saturated heterocycles. The third-order valence-corrected chi connectivity index (χ3v) is 4.67. The zero-order chi connectivity index (χ0) is 18.9. The van der Waals surface area contributed by atoms with Crippen molar-refractivity contribution in [2.45, 2.75) is 64.8 Å². The number of furan rings is 1. The van der Waals surface area contributed by atoms with Crippen LogP contribution in [0.3, 0.4) is 0 Å². The molecule has 1 aliphatic heterocycles. The monoisotopic (exact) mass is 359 g/mol. The number of unbranched alkanes of at least 4 members (excludes halogenated alkanes) is 2. The maximum atomic E-state index is 12.2. The molecule has 26 heavy (non-hydrogen) atoms. The SMILES string of the molecule is CCCC/C=C(C)/C=C\[C@H]1CCC(=O)N1CCCc1ccc(C(=O)O)o1. The Morgan fingerprint density at radius 1 is 1.38 bits per heavy atom. The summed E-state index contributed by atoms with van der Waals surface area (Å²) < 4.78 is 5.26. The minimum atomic E-state index is -1.06. The molecule has 1 fully saturated rings. The summed E-state index contributed by atoms with van der Waals surface area (Å²) in [6.07, 6.45) is 12.9. The molecule has 1 aromatic heterocycles. The molecule has 1 N–H and O–H groups in total. The van der Waals surface area contributed by atoms with E-state index in [1.54, 1.807) is 6.07 Å². The molecule has 142 valence electrons. The fraction of sp³-hybridized carbons (Fsp3) is 0.524. The molecule has 2 rings (SSSR count). The van der Waals surface area contributed by atoms with Crippen molar-refractivity contribution in [1.29, 1.82) is 0 Å². The Kier molecular flexibility index (Phi) is 7.70. The number of likely N-dealkylation sites (tertiary alicyclic amines) is 1. The van der Waals surface area contributed by atoms with E-state index in [9.17, 15) is 9.59 Å². The maximum Gasteiger partial charge on any atom is 0.371 e. The topological polar surface area (TPSA) is 70.8 Å². The summed E-state index contributed by atoms with van der Waals surface area (Å²) >= 11 is 0. The van der Waals surface area contributed by atoms with Crippen molar-refractivity contribution in [3.05, 3.63) is 47.5 Å². The quantitative estimate of drug-likeness (QED) is 0.490. The summed E-state index contributed by atoms with van der Waals surface area (Å²) in [6, 6.07) is 3.32. The summed E-state index contributed by atoms with van der Waals surface area (Å²) in [5, 5.41) is 8.88. The predicted molar refractivity (Wildman–Crippen MR) is 101 cm³/mol. The predicted octanol–water partition coefficient (Wildman–Crippen LogP) is 4.59. The van der Waals surface area contributed by atoms with Crippen molar-refractivity contribution in [3.8, 4) is 0 Å². The molecule has 0 aliphatic carbocycles. The number of hydrogen-bond acceptors (Lipinski definition) is 3. The van der Waals surface area contributed by atoms with Gasteiger partial charge in [-0.15, -0.1) is 0 Å². The summed E-state index contributed by atoms with van der Waals surface area (Å²) in [6.45, 7) is 4.95. The van der Waals surface area contributed by atoms with Crippen LogP contribution in [0.15, 0.2) is 40.4 Å². The van der Waals surface area contributed by atoms with Gasteiger partial charge in [-0.05, 0) is 38.3 Å². The molecule has 1 atom stereocenters. The van der Waals surface area contributed by atoms with E-state index >= 15 is 0 Å². The van der Waals surface area contributed by atoms with Gasteiger partial charge in [-0.3, -0.25) is 4.79 Å². The average molecular weight is 359 g/mol. The van der Waals surface area contributed by atoms with Crippen LogP contribution in [0.25, 0.3) is 0 Å². The Balaban J connectivity index is 1.84. The van der Waals surface area contributed by atoms with Crippen molar-refractivity contribution in [3.63, 3.8) is 0 Å². The minimum absolute atomic E-state index is 0.0385. The highest BCUT2D eigenvalue weighted by Gasteiger charge is 2.28. The minimum Gasteiger partial charge on any atom is -0.475 e. The molecule has 0 saturated carbocycles. The maximum absolute atomic E-state index is 12.2. The zero-order valence-corrected chi connectivity index (χ0v) is 15.7. The summed E-state index contributed by atoms with van der Waals surface area (Å²) in [4.78, 5) is 24.9. The van der Waals surface area contributed by atoms with E-state index in [0.717, 1.165) is 19.3 Å². The molecule has 5 heteroatoms. The van der Waals surface area contributed by atoms with Gasteiger partial charge in [0, 0.05) is 19.4 Å². The largest absolute Gasteiger partial charge is 0.475 e. The molecule has 5 nitrogen and oxygen atoms in total. The van der Waals surface area contributed by atoms with Crippen molar-refractivity contribution in [1.82, 2.24) is 4.90 Å². The van der Waals surface area contributed by atoms with Crippen molar-refractivity contribution in [2.75, 3.05) is 6.54 Å². The van der Waals surface area contributed by atoms with Crippen molar-refractivity contribution >= 4 is 11.9 Å². The number of carboxylic acids is 1. The van der Waals surface area contributed by atoms with Gasteiger partial charge in [0.05, 0.1) is 6.04 Å². The second-order valence-electron chi connectivity index (χ2n) is 6.82. The van der Waals surface area contributed by atoms with Gasteiger partial charge in [0.1, 0.15) is 5.76 Å². The lowest BCUT2D eigenvalue weighted by Crippen LogP contribution is -2.32. The number of aryl methyl sites for hydroxylation is 1. The van der Waals surface area contributed by atoms with Crippen LogP contribution in [-0.4, -0.2) is 34.5 Å². The molecule has 1 aromatic rings. The number of aromatic carboxylic acids is 1. The standard InChI is InChI=1S/C21H29NO4/c1-3-4-5-7-16(2)9-10-17-11-14-20(23)22(17)15-6-8-18-12-13-19(26-18)21(24)25/h7,9-10,12-13,17H,3-6,8,11,14-15H2,1-2H3,(H,24,25)/b10-9-,16-7+/t17-/m0/s1. The highest BCUT2D eigenvalue weighted by Crippen LogP contribution is 2.21. The van der Waals surface area contributed by atoms with Gasteiger partial charge in [-0.25, -0.2) is 4.79 Å². The first-order valence-corrected chi connectivity index (χ1v) is 9.47. The van der Waals surface area contributed by atoms with Crippen LogP contribution in [0.5, 0.6) is 0 Å². The fourth-order valence-corrected chi connectivity index (χ4v) is 3.16. The Labute approximate surface area is 155 Å². The first-order chi connectivity index (χ1) is 12.5. The zero-order valence-electron chi connectivity index (χ0n) is 15.7. The lowest BCUT2D eigenvalue weighted by atomic mass is 10.1. The van der Waals surface area contributed by atoms with Crippen LogP contribution in [0, 0.1) is 0 Å². The van der Waals surface area contributed by atoms with Gasteiger partial charge in [-0.1, -0.05) is 43.6 Å². The Hall–Kier alpha value is -2.30. The first kappa shape index (κ1) is 20.0. The number of nitrogens with zero attached hydrogens (tertiary/aromatic N) is 1. The van der Waals surface area contributed by atoms with Crippen LogP contribution >= 0.6 is 0 Å². The lowest BCUT2D eigenvalue weighted by Gasteiger charge is -2.22. The molecule has 2 heterocycles. The summed E-state index contributed by atoms with van der Waals surface area (Å²) in [5.74, 6) is -0.254. The van der Waals surface area contributed by atoms with Gasteiger partial charge in [-0.2, -0.15) is 0 Å². The number of hydrogen-bond donors (Lipinski definition) is 1. The van der Waals surface area contributed by atoms with E-state index in [-0.39, 0.29) is 17.7 Å². The third kappa shape index (κ3) is 5.90. The molecule has 1 aliphatic rings. The summed E-state index contributed by atoms with van der Waals surface area (Å²) in [7, 11) is 0. The van der Waals surface area contributed by atoms with Gasteiger partial charge in [0.2, 0.25) is 11.7 Å². The Bertz CT molecular complexity index is 671. The number of carbonyl (C=O) groups is 2. The molecular formula is C21H29NO4. The van der Waals surface area contributed by atoms with Crippen LogP contribution in [0.4, 0.5) is 0 Å². The Morgan fingerprint density at radius 2 is 2.19 bits per heavy atom. The second kappa shape index (κ2) is 10.00. The highest BCUT2D eigenvalue weighted by molar-refractivity contribution is 5.84. The summed E-state index contributed by atoms with van der Waals surface area (Å²) in [5.41, 5.74) is 1.24. The van der Waals surface area contributed by atoms with E-state index < -0.39 is 5.97 Å². The molecule has 0 aromatic carbocycles. The molecular weight excluding hydrogens is 330 g/mol. The molecule has 0 bridgehead atoms. The average Bonchev–Trinajstić information content (AvgIpc) is 3.21. The van der Waals surface area contributed by atoms with E-state index in [4.69, 9.17) is 9.52 Å². The van der Waals surface area contributed by atoms with Crippen LogP contribution in [0.1, 0.15) is 68.7 Å². The van der Waals surface area contributed by atoms with E-state index in [0.29, 0.717) is 25.1 Å². The Morgan fingerprint density at radius 3 is 2.88 bits per heavy atom. The number of rotatable bonds is 10. The highest BCUT2D eigenvalue weighted by atomic mass is 16.4. The van der Waals surface area contributed by atoms with E-state index in [2.05, 4.69) is 32.1 Å². The number of carboxylic acid groups (broad SMARTS) is 1. The lowest BCUT2D eigenvalue weighted by molar-refractivity contribution is -0.128. The van der Waals surface area contributed by atoms with Gasteiger partial charge in [0.15, 0.2) is 0 Å². The number of carbonyl (C=O) groups excluding carboxylic acids is 1. The van der Waals surface area contributed by atoms with Gasteiger partial charge < -0.3 is 14.4 Å². The van der Waals surface area contributed by atoms with Gasteiger partial charge in [0.25, 0.3) is 0 Å². The third-order valence-electron chi connectivity index (χ3n) is 4.67. The molecule has 0 unspecified atom stereocenters. The molecule has 1 amide bonds. The van der Waals surface area contributed by atoms with Crippen LogP contribution in [0.2, 0.25) is 0 Å². The van der Waals surface area contributed by atoms with E-state index in [1.807, 2.05) is 4.90 Å². The smallest absolute Gasteiger partial charge is 0.371 e. The van der Waals surface area contributed by atoms with Crippen LogP contribution < -0.4 is 0 Å². The van der Waals surface area contributed by atoms with Crippen LogP contribution in [-0.2, 0) is 11.2 Å².